The van der Waals surface area contributed by atoms with Gasteiger partial charge in [0, 0.05) is 19.1 Å². The average molecular weight is 294 g/mol. The molecular weight excluding hydrogens is 274 g/mol. The molecule has 0 saturated heterocycles. The first-order valence-corrected chi connectivity index (χ1v) is 6.67. The Labute approximate surface area is 105 Å². The van der Waals surface area contributed by atoms with Crippen LogP contribution in [0.15, 0.2) is 0 Å². The van der Waals surface area contributed by atoms with E-state index in [1.54, 1.807) is 0 Å². The lowest BCUT2D eigenvalue weighted by Crippen LogP contribution is -2.41. The van der Waals surface area contributed by atoms with Crippen molar-refractivity contribution < 1.29 is 14.6 Å². The number of carbonyl (C=O) groups excluding carboxylic acids is 1. The van der Waals surface area contributed by atoms with Gasteiger partial charge in [0.05, 0.1) is 13.7 Å². The van der Waals surface area contributed by atoms with Crippen LogP contribution in [0.5, 0.6) is 0 Å². The molecule has 0 aromatic heterocycles. The number of esters is 1. The van der Waals surface area contributed by atoms with Crippen LogP contribution in [0.3, 0.4) is 0 Å². The Morgan fingerprint density at radius 1 is 1.56 bits per heavy atom. The number of ether oxygens (including phenoxy) is 1. The second kappa shape index (κ2) is 7.25. The Hall–Kier alpha value is -0.130. The highest BCUT2D eigenvalue weighted by molar-refractivity contribution is 9.10. The Bertz CT molecular complexity index is 219. The number of nitrogens with zero attached hydrogens (tertiary/aromatic N) is 1. The molecule has 5 heteroatoms. The lowest BCUT2D eigenvalue weighted by Gasteiger charge is -2.29. The van der Waals surface area contributed by atoms with Gasteiger partial charge in [0.1, 0.15) is 4.83 Å². The van der Waals surface area contributed by atoms with Crippen molar-refractivity contribution >= 4 is 21.9 Å². The minimum absolute atomic E-state index is 0.136. The fourth-order valence-electron chi connectivity index (χ4n) is 2.23. The van der Waals surface area contributed by atoms with Gasteiger partial charge in [-0.15, -0.1) is 0 Å². The first kappa shape index (κ1) is 13.9. The molecule has 1 unspecified atom stereocenters. The molecule has 4 nitrogen and oxygen atoms in total. The summed E-state index contributed by atoms with van der Waals surface area (Å²) in [5, 5.41) is 9.03. The molecule has 0 aliphatic heterocycles. The molecule has 0 radical (unpaired) electrons. The molecule has 1 aliphatic carbocycles. The molecule has 0 aromatic rings. The molecule has 0 aromatic carbocycles. The monoisotopic (exact) mass is 293 g/mol. The predicted octanol–water partition coefficient (Wildman–Crippen LogP) is 1.16. The van der Waals surface area contributed by atoms with E-state index in [9.17, 15) is 4.79 Å². The van der Waals surface area contributed by atoms with Crippen LogP contribution in [-0.2, 0) is 9.53 Å². The first-order valence-electron chi connectivity index (χ1n) is 5.76. The summed E-state index contributed by atoms with van der Waals surface area (Å²) in [5.41, 5.74) is 0. The van der Waals surface area contributed by atoms with Crippen molar-refractivity contribution in [3.05, 3.63) is 0 Å². The zero-order valence-corrected chi connectivity index (χ0v) is 11.3. The van der Waals surface area contributed by atoms with Gasteiger partial charge >= 0.3 is 5.97 Å². The number of halogens is 1. The Balaban J connectivity index is 2.46. The summed E-state index contributed by atoms with van der Waals surface area (Å²) in [6.07, 6.45) is 4.83. The molecule has 94 valence electrons. The third kappa shape index (κ3) is 4.03. The van der Waals surface area contributed by atoms with Gasteiger partial charge in [-0.1, -0.05) is 28.8 Å². The zero-order valence-electron chi connectivity index (χ0n) is 9.69. The van der Waals surface area contributed by atoms with Crippen molar-refractivity contribution in [2.45, 2.75) is 36.6 Å². The second-order valence-corrected chi connectivity index (χ2v) is 5.25. The highest BCUT2D eigenvalue weighted by atomic mass is 79.9. The van der Waals surface area contributed by atoms with Gasteiger partial charge in [-0.2, -0.15) is 0 Å². The summed E-state index contributed by atoms with van der Waals surface area (Å²) < 4.78 is 4.68. The van der Waals surface area contributed by atoms with Crippen LogP contribution in [0.25, 0.3) is 0 Å². The molecule has 1 atom stereocenters. The number of methoxy groups -OCH3 is 1. The first-order chi connectivity index (χ1) is 7.69. The van der Waals surface area contributed by atoms with E-state index in [2.05, 4.69) is 25.6 Å². The maximum absolute atomic E-state index is 11.3. The van der Waals surface area contributed by atoms with Gasteiger partial charge in [0.2, 0.25) is 0 Å². The van der Waals surface area contributed by atoms with Crippen LogP contribution in [0.4, 0.5) is 0 Å². The van der Waals surface area contributed by atoms with Gasteiger partial charge in [-0.05, 0) is 12.8 Å². The third-order valence-corrected chi connectivity index (χ3v) is 3.74. The molecule has 0 spiro atoms. The lowest BCUT2D eigenvalue weighted by molar-refractivity contribution is -0.140. The van der Waals surface area contributed by atoms with Crippen molar-refractivity contribution in [2.24, 2.45) is 0 Å². The summed E-state index contributed by atoms with van der Waals surface area (Å²) in [6, 6.07) is 0.511. The summed E-state index contributed by atoms with van der Waals surface area (Å²) >= 11 is 3.32. The normalized spacial score (nSPS) is 19.0. The standard InChI is InChI=1S/C11H20BrNO3/c1-16-11(15)10(12)8-13(6-7-14)9-4-2-3-5-9/h9-10,14H,2-8H2,1H3. The number of rotatable bonds is 6. The second-order valence-electron chi connectivity index (χ2n) is 4.15. The predicted molar refractivity (Wildman–Crippen MR) is 65.6 cm³/mol. The highest BCUT2D eigenvalue weighted by Crippen LogP contribution is 2.24. The average Bonchev–Trinajstić information content (AvgIpc) is 2.80. The van der Waals surface area contributed by atoms with E-state index in [1.807, 2.05) is 0 Å². The van der Waals surface area contributed by atoms with Gasteiger partial charge in [0.25, 0.3) is 0 Å². The largest absolute Gasteiger partial charge is 0.468 e. The molecule has 0 bridgehead atoms. The maximum Gasteiger partial charge on any atom is 0.320 e. The summed E-state index contributed by atoms with van der Waals surface area (Å²) in [6.45, 7) is 1.37. The molecule has 1 saturated carbocycles. The number of aliphatic hydroxyl groups is 1. The van der Waals surface area contributed by atoms with Gasteiger partial charge in [-0.25, -0.2) is 0 Å². The van der Waals surface area contributed by atoms with E-state index in [1.165, 1.54) is 32.8 Å². The molecule has 0 amide bonds. The van der Waals surface area contributed by atoms with E-state index < -0.39 is 0 Å². The molecule has 1 rings (SSSR count). The number of hydrogen-bond donors (Lipinski definition) is 1. The van der Waals surface area contributed by atoms with Crippen LogP contribution in [-0.4, -0.2) is 53.7 Å². The van der Waals surface area contributed by atoms with E-state index in [0.717, 1.165) is 0 Å². The van der Waals surface area contributed by atoms with Crippen LogP contribution >= 0.6 is 15.9 Å². The van der Waals surface area contributed by atoms with Crippen molar-refractivity contribution in [1.29, 1.82) is 0 Å². The fraction of sp³-hybridized carbons (Fsp3) is 0.909. The molecule has 16 heavy (non-hydrogen) atoms. The molecular formula is C11H20BrNO3. The summed E-state index contributed by atoms with van der Waals surface area (Å²) in [4.78, 5) is 13.2. The maximum atomic E-state index is 11.3. The van der Waals surface area contributed by atoms with E-state index in [0.29, 0.717) is 19.1 Å². The highest BCUT2D eigenvalue weighted by Gasteiger charge is 2.26. The Morgan fingerprint density at radius 2 is 2.19 bits per heavy atom. The topological polar surface area (TPSA) is 49.8 Å². The zero-order chi connectivity index (χ0) is 12.0. The number of alkyl halides is 1. The number of aliphatic hydroxyl groups excluding tert-OH is 1. The number of carbonyl (C=O) groups is 1. The van der Waals surface area contributed by atoms with Gasteiger partial charge in [0.15, 0.2) is 0 Å². The van der Waals surface area contributed by atoms with Gasteiger partial charge in [-0.3, -0.25) is 9.69 Å². The Morgan fingerprint density at radius 3 is 2.69 bits per heavy atom. The lowest BCUT2D eigenvalue weighted by atomic mass is 10.2. The summed E-state index contributed by atoms with van der Waals surface area (Å²) in [7, 11) is 1.39. The summed E-state index contributed by atoms with van der Waals surface area (Å²) in [5.74, 6) is -0.249. The third-order valence-electron chi connectivity index (χ3n) is 3.08. The smallest absolute Gasteiger partial charge is 0.320 e. The SMILES string of the molecule is COC(=O)C(Br)CN(CCO)C1CCCC1. The van der Waals surface area contributed by atoms with Crippen molar-refractivity contribution in [2.75, 3.05) is 26.8 Å². The fourth-order valence-corrected chi connectivity index (χ4v) is 2.79. The van der Waals surface area contributed by atoms with Crippen LogP contribution in [0.2, 0.25) is 0 Å². The number of hydrogen-bond acceptors (Lipinski definition) is 4. The van der Waals surface area contributed by atoms with Crippen LogP contribution in [0.1, 0.15) is 25.7 Å². The van der Waals surface area contributed by atoms with Crippen molar-refractivity contribution in [1.82, 2.24) is 4.90 Å². The van der Waals surface area contributed by atoms with Crippen molar-refractivity contribution in [3.8, 4) is 0 Å². The Kier molecular flexibility index (Phi) is 6.31. The van der Waals surface area contributed by atoms with Crippen molar-refractivity contribution in [3.63, 3.8) is 0 Å². The van der Waals surface area contributed by atoms with Crippen LogP contribution < -0.4 is 0 Å². The van der Waals surface area contributed by atoms with E-state index >= 15 is 0 Å². The van der Waals surface area contributed by atoms with E-state index in [-0.39, 0.29) is 17.4 Å². The molecule has 1 aliphatic rings. The van der Waals surface area contributed by atoms with E-state index in [4.69, 9.17) is 5.11 Å². The minimum Gasteiger partial charge on any atom is -0.468 e. The quantitative estimate of drug-likeness (QED) is 0.590. The molecule has 0 heterocycles. The molecule has 1 fully saturated rings. The molecule has 1 N–H and O–H groups in total. The van der Waals surface area contributed by atoms with Gasteiger partial charge < -0.3 is 9.84 Å². The van der Waals surface area contributed by atoms with Crippen LogP contribution in [0, 0.1) is 0 Å². The minimum atomic E-state index is -0.301.